The van der Waals surface area contributed by atoms with Gasteiger partial charge in [-0.05, 0) is 31.5 Å². The van der Waals surface area contributed by atoms with E-state index in [-0.39, 0.29) is 11.7 Å². The first kappa shape index (κ1) is 14.6. The molecule has 6 heteroatoms. The molecule has 3 N–H and O–H groups in total. The Bertz CT molecular complexity index is 607. The molecular weight excluding hydrogens is 277 g/mol. The summed E-state index contributed by atoms with van der Waals surface area (Å²) >= 11 is 1.41. The Morgan fingerprint density at radius 1 is 1.45 bits per heavy atom. The van der Waals surface area contributed by atoms with Crippen LogP contribution < -0.4 is 11.1 Å². The molecule has 2 rings (SSSR count). The number of halogens is 1. The van der Waals surface area contributed by atoms with Gasteiger partial charge in [0, 0.05) is 11.3 Å². The van der Waals surface area contributed by atoms with Crippen LogP contribution >= 0.6 is 11.3 Å². The van der Waals surface area contributed by atoms with Crippen LogP contribution in [0.5, 0.6) is 0 Å². The topological polar surface area (TPSA) is 68.0 Å². The number of amides is 1. The maximum Gasteiger partial charge on any atom is 0.242 e. The third-order valence-electron chi connectivity index (χ3n) is 2.81. The van der Waals surface area contributed by atoms with Crippen molar-refractivity contribution in [3.05, 3.63) is 46.2 Å². The Morgan fingerprint density at radius 2 is 2.10 bits per heavy atom. The molecule has 0 bridgehead atoms. The van der Waals surface area contributed by atoms with Gasteiger partial charge in [0.2, 0.25) is 5.91 Å². The number of nitrogens with two attached hydrogens (primary N) is 1. The second kappa shape index (κ2) is 6.11. The van der Waals surface area contributed by atoms with Crippen LogP contribution in [0.2, 0.25) is 0 Å². The molecule has 0 saturated carbocycles. The van der Waals surface area contributed by atoms with Crippen LogP contribution in [-0.2, 0) is 11.2 Å². The number of carbonyl (C=O) groups excluding carboxylic acids is 1. The third-order valence-corrected chi connectivity index (χ3v) is 3.89. The van der Waals surface area contributed by atoms with Crippen molar-refractivity contribution in [1.82, 2.24) is 4.98 Å². The molecule has 0 radical (unpaired) electrons. The van der Waals surface area contributed by atoms with Gasteiger partial charge in [0.15, 0.2) is 5.13 Å². The zero-order chi connectivity index (χ0) is 14.7. The smallest absolute Gasteiger partial charge is 0.242 e. The minimum Gasteiger partial charge on any atom is -0.320 e. The molecule has 0 aliphatic heterocycles. The van der Waals surface area contributed by atoms with Crippen LogP contribution in [0.4, 0.5) is 9.52 Å². The third kappa shape index (κ3) is 3.61. The van der Waals surface area contributed by atoms with Gasteiger partial charge in [0.25, 0.3) is 0 Å². The van der Waals surface area contributed by atoms with Crippen molar-refractivity contribution in [2.24, 2.45) is 5.73 Å². The van der Waals surface area contributed by atoms with E-state index in [1.165, 1.54) is 23.5 Å². The van der Waals surface area contributed by atoms with E-state index in [0.717, 1.165) is 16.1 Å². The summed E-state index contributed by atoms with van der Waals surface area (Å²) in [6.45, 7) is 3.51. The van der Waals surface area contributed by atoms with Gasteiger partial charge in [-0.25, -0.2) is 9.37 Å². The lowest BCUT2D eigenvalue weighted by atomic mass is 10.1. The lowest BCUT2D eigenvalue weighted by Crippen LogP contribution is -2.32. The zero-order valence-corrected chi connectivity index (χ0v) is 12.1. The summed E-state index contributed by atoms with van der Waals surface area (Å²) in [7, 11) is 0. The number of rotatable bonds is 4. The molecule has 20 heavy (non-hydrogen) atoms. The van der Waals surface area contributed by atoms with Crippen molar-refractivity contribution in [3.8, 4) is 0 Å². The average Bonchev–Trinajstić information content (AvgIpc) is 2.72. The predicted octanol–water partition coefficient (Wildman–Crippen LogP) is 2.47. The highest BCUT2D eigenvalue weighted by Crippen LogP contribution is 2.25. The van der Waals surface area contributed by atoms with Gasteiger partial charge >= 0.3 is 0 Å². The number of aryl methyl sites for hydroxylation is 1. The molecule has 1 amide bonds. The summed E-state index contributed by atoms with van der Waals surface area (Å²) in [4.78, 5) is 16.9. The molecule has 106 valence electrons. The van der Waals surface area contributed by atoms with E-state index in [4.69, 9.17) is 5.73 Å². The normalized spacial score (nSPS) is 12.2. The quantitative estimate of drug-likeness (QED) is 0.910. The van der Waals surface area contributed by atoms with Gasteiger partial charge in [-0.3, -0.25) is 4.79 Å². The Kier molecular flexibility index (Phi) is 4.46. The highest BCUT2D eigenvalue weighted by Gasteiger charge is 2.13. The van der Waals surface area contributed by atoms with Gasteiger partial charge in [-0.2, -0.15) is 0 Å². The summed E-state index contributed by atoms with van der Waals surface area (Å²) < 4.78 is 12.9. The number of hydrogen-bond acceptors (Lipinski definition) is 4. The van der Waals surface area contributed by atoms with E-state index in [0.29, 0.717) is 11.6 Å². The van der Waals surface area contributed by atoms with Gasteiger partial charge in [-0.1, -0.05) is 12.1 Å². The number of hydrogen-bond donors (Lipinski definition) is 2. The second-order valence-electron chi connectivity index (χ2n) is 4.61. The van der Waals surface area contributed by atoms with Crippen molar-refractivity contribution < 1.29 is 9.18 Å². The number of carbonyl (C=O) groups is 1. The molecule has 1 aromatic carbocycles. The summed E-state index contributed by atoms with van der Waals surface area (Å²) in [5, 5.41) is 3.22. The van der Waals surface area contributed by atoms with Crippen LogP contribution in [0.3, 0.4) is 0 Å². The van der Waals surface area contributed by atoms with Crippen LogP contribution in [0.1, 0.15) is 23.1 Å². The second-order valence-corrected chi connectivity index (χ2v) is 5.69. The maximum absolute atomic E-state index is 12.9. The van der Waals surface area contributed by atoms with E-state index < -0.39 is 6.04 Å². The van der Waals surface area contributed by atoms with E-state index >= 15 is 0 Å². The fraction of sp³-hybridized carbons (Fsp3) is 0.286. The Labute approximate surface area is 120 Å². The number of benzene rings is 1. The van der Waals surface area contributed by atoms with Gasteiger partial charge in [0.1, 0.15) is 5.82 Å². The number of anilines is 1. The van der Waals surface area contributed by atoms with Crippen molar-refractivity contribution in [2.45, 2.75) is 26.3 Å². The molecule has 1 aromatic heterocycles. The molecule has 1 atom stereocenters. The highest BCUT2D eigenvalue weighted by atomic mass is 32.1. The van der Waals surface area contributed by atoms with Gasteiger partial charge < -0.3 is 11.1 Å². The molecule has 4 nitrogen and oxygen atoms in total. The Hall–Kier alpha value is -1.79. The lowest BCUT2D eigenvalue weighted by Gasteiger charge is -2.03. The van der Waals surface area contributed by atoms with Crippen molar-refractivity contribution in [2.75, 3.05) is 5.32 Å². The fourth-order valence-corrected chi connectivity index (χ4v) is 2.65. The summed E-state index contributed by atoms with van der Waals surface area (Å²) in [6, 6.07) is 5.79. The molecule has 2 aromatic rings. The van der Waals surface area contributed by atoms with E-state index in [1.807, 2.05) is 6.92 Å². The first-order valence-corrected chi connectivity index (χ1v) is 7.04. The SMILES string of the molecule is Cc1nc(NC(=O)[C@@H](C)N)sc1Cc1ccc(F)cc1. The van der Waals surface area contributed by atoms with Gasteiger partial charge in [-0.15, -0.1) is 11.3 Å². The Balaban J connectivity index is 2.11. The summed E-state index contributed by atoms with van der Waals surface area (Å²) in [5.41, 5.74) is 7.36. The summed E-state index contributed by atoms with van der Waals surface area (Å²) in [6.07, 6.45) is 0.665. The lowest BCUT2D eigenvalue weighted by molar-refractivity contribution is -0.117. The van der Waals surface area contributed by atoms with E-state index in [2.05, 4.69) is 10.3 Å². The molecule has 1 heterocycles. The highest BCUT2D eigenvalue weighted by molar-refractivity contribution is 7.15. The zero-order valence-electron chi connectivity index (χ0n) is 11.3. The summed E-state index contributed by atoms with van der Waals surface area (Å²) in [5.74, 6) is -0.508. The van der Waals surface area contributed by atoms with E-state index in [9.17, 15) is 9.18 Å². The van der Waals surface area contributed by atoms with Crippen LogP contribution in [-0.4, -0.2) is 16.9 Å². The van der Waals surface area contributed by atoms with Crippen molar-refractivity contribution >= 4 is 22.4 Å². The molecule has 0 aliphatic carbocycles. The molecule has 0 saturated heterocycles. The number of aromatic nitrogens is 1. The van der Waals surface area contributed by atoms with Crippen LogP contribution in [0.25, 0.3) is 0 Å². The molecule has 0 aliphatic rings. The van der Waals surface area contributed by atoms with Crippen molar-refractivity contribution in [1.29, 1.82) is 0 Å². The largest absolute Gasteiger partial charge is 0.320 e. The molecular formula is C14H16FN3OS. The van der Waals surface area contributed by atoms with Gasteiger partial charge in [0.05, 0.1) is 11.7 Å². The first-order chi connectivity index (χ1) is 9.45. The Morgan fingerprint density at radius 3 is 2.70 bits per heavy atom. The fourth-order valence-electron chi connectivity index (χ4n) is 1.65. The van der Waals surface area contributed by atoms with Crippen LogP contribution in [0.15, 0.2) is 24.3 Å². The molecule has 0 fully saturated rings. The molecule has 0 unspecified atom stereocenters. The van der Waals surface area contributed by atoms with E-state index in [1.54, 1.807) is 19.1 Å². The van der Waals surface area contributed by atoms with Crippen LogP contribution in [0, 0.1) is 12.7 Å². The minimum atomic E-state index is -0.570. The van der Waals surface area contributed by atoms with Crippen molar-refractivity contribution in [3.63, 3.8) is 0 Å². The standard InChI is InChI=1S/C14H16FN3OS/c1-8(16)13(19)18-14-17-9(2)12(20-14)7-10-3-5-11(15)6-4-10/h3-6,8H,7,16H2,1-2H3,(H,17,18,19)/t8-/m1/s1. The molecule has 0 spiro atoms. The monoisotopic (exact) mass is 293 g/mol. The first-order valence-electron chi connectivity index (χ1n) is 6.23. The minimum absolute atomic E-state index is 0.250. The average molecular weight is 293 g/mol. The number of nitrogens with zero attached hydrogens (tertiary/aromatic N) is 1. The number of thiazole rings is 1. The predicted molar refractivity (Wildman–Crippen MR) is 78.3 cm³/mol. The maximum atomic E-state index is 12.9. The number of nitrogens with one attached hydrogen (secondary N) is 1.